The molecule has 0 bridgehead atoms. The van der Waals surface area contributed by atoms with Crippen LogP contribution in [0.3, 0.4) is 0 Å². The number of phenolic OH excluding ortho intramolecular Hbond substituents is 1. The van der Waals surface area contributed by atoms with Gasteiger partial charge < -0.3 is 9.84 Å². The van der Waals surface area contributed by atoms with Gasteiger partial charge in [0.25, 0.3) is 0 Å². The van der Waals surface area contributed by atoms with Crippen molar-refractivity contribution in [1.82, 2.24) is 5.43 Å². The number of hydrazone groups is 1. The highest BCUT2D eigenvalue weighted by molar-refractivity contribution is 6.31. The van der Waals surface area contributed by atoms with Crippen molar-refractivity contribution in [3.8, 4) is 11.5 Å². The second-order valence-electron chi connectivity index (χ2n) is 12.4. The molecule has 4 rings (SSSR count). The van der Waals surface area contributed by atoms with Crippen molar-refractivity contribution in [3.63, 3.8) is 0 Å². The first-order valence-corrected chi connectivity index (χ1v) is 14.3. The fraction of sp³-hybridized carbons (Fsp3) is 0.314. The molecule has 214 valence electrons. The second kappa shape index (κ2) is 12.4. The zero-order valence-corrected chi connectivity index (χ0v) is 25.5. The first-order chi connectivity index (χ1) is 19.3. The largest absolute Gasteiger partial charge is 0.507 e. The van der Waals surface area contributed by atoms with Crippen LogP contribution < -0.4 is 10.2 Å². The quantitative estimate of drug-likeness (QED) is 0.165. The zero-order valence-electron chi connectivity index (χ0n) is 24.7. The maximum Gasteiger partial charge on any atom is 0.240 e. The predicted molar refractivity (Wildman–Crippen MR) is 169 cm³/mol. The van der Waals surface area contributed by atoms with E-state index in [1.54, 1.807) is 6.21 Å². The Balaban J connectivity index is 1.50. The third-order valence-corrected chi connectivity index (χ3v) is 7.45. The standard InChI is InChI=1S/C35H39ClN2O3/c1-34(2,3)28-19-23(20-29(33(28)40)35(4,5)6)15-18-32(39)38-37-21-27-26-13-9-7-11-24(26)16-17-31(27)41-22-25-12-8-10-14-30(25)36/h7-14,16-17,19-21,40H,15,18,22H2,1-6H3,(H,38,39)/b37-21-. The zero-order chi connectivity index (χ0) is 29.8. The van der Waals surface area contributed by atoms with Crippen molar-refractivity contribution in [2.24, 2.45) is 5.10 Å². The minimum absolute atomic E-state index is 0.192. The number of rotatable bonds is 8. The molecule has 5 nitrogen and oxygen atoms in total. The number of carbonyl (C=O) groups excluding carboxylic acids is 1. The average molecular weight is 571 g/mol. The van der Waals surface area contributed by atoms with E-state index in [9.17, 15) is 9.90 Å². The first-order valence-electron chi connectivity index (χ1n) is 13.9. The van der Waals surface area contributed by atoms with Gasteiger partial charge in [0.05, 0.1) is 6.21 Å². The molecule has 0 heterocycles. The van der Waals surface area contributed by atoms with E-state index in [1.807, 2.05) is 72.8 Å². The van der Waals surface area contributed by atoms with Crippen molar-refractivity contribution in [2.75, 3.05) is 0 Å². The van der Waals surface area contributed by atoms with Crippen LogP contribution in [-0.4, -0.2) is 17.2 Å². The number of fused-ring (bicyclic) bond motifs is 1. The number of halogens is 1. The summed E-state index contributed by atoms with van der Waals surface area (Å²) >= 11 is 6.32. The number of aryl methyl sites for hydroxylation is 1. The van der Waals surface area contributed by atoms with Gasteiger partial charge in [-0.05, 0) is 56.8 Å². The maximum atomic E-state index is 12.8. The van der Waals surface area contributed by atoms with Crippen LogP contribution in [-0.2, 0) is 28.7 Å². The van der Waals surface area contributed by atoms with E-state index in [0.717, 1.165) is 38.6 Å². The van der Waals surface area contributed by atoms with Gasteiger partial charge in [-0.25, -0.2) is 5.43 Å². The van der Waals surface area contributed by atoms with Gasteiger partial charge in [0.2, 0.25) is 5.91 Å². The Morgan fingerprint density at radius 3 is 2.22 bits per heavy atom. The SMILES string of the molecule is CC(C)(C)c1cc(CCC(=O)N/N=C\c2c(OCc3ccccc3Cl)ccc3ccccc23)cc(C(C)(C)C)c1O. The van der Waals surface area contributed by atoms with Gasteiger partial charge in [-0.3, -0.25) is 4.79 Å². The fourth-order valence-electron chi connectivity index (χ4n) is 4.77. The summed E-state index contributed by atoms with van der Waals surface area (Å²) in [6, 6.07) is 23.5. The lowest BCUT2D eigenvalue weighted by molar-refractivity contribution is -0.121. The van der Waals surface area contributed by atoms with Gasteiger partial charge in [-0.2, -0.15) is 5.10 Å². The number of phenols is 1. The van der Waals surface area contributed by atoms with E-state index in [0.29, 0.717) is 29.5 Å². The number of benzene rings is 4. The Bertz CT molecular complexity index is 1540. The van der Waals surface area contributed by atoms with Gasteiger partial charge in [0.15, 0.2) is 0 Å². The van der Waals surface area contributed by atoms with Gasteiger partial charge in [-0.15, -0.1) is 0 Å². The minimum atomic E-state index is -0.225. The second-order valence-corrected chi connectivity index (χ2v) is 12.8. The van der Waals surface area contributed by atoms with Crippen molar-refractivity contribution < 1.29 is 14.6 Å². The molecule has 1 amide bonds. The normalized spacial score (nSPS) is 12.2. The van der Waals surface area contributed by atoms with Crippen molar-refractivity contribution in [2.45, 2.75) is 71.8 Å². The van der Waals surface area contributed by atoms with E-state index >= 15 is 0 Å². The van der Waals surface area contributed by atoms with E-state index in [2.05, 4.69) is 52.1 Å². The summed E-state index contributed by atoms with van der Waals surface area (Å²) in [5.41, 5.74) is 6.68. The molecular weight excluding hydrogens is 532 g/mol. The van der Waals surface area contributed by atoms with Crippen LogP contribution in [0.5, 0.6) is 11.5 Å². The molecule has 0 atom stereocenters. The summed E-state index contributed by atoms with van der Waals surface area (Å²) in [4.78, 5) is 12.8. The van der Waals surface area contributed by atoms with Crippen molar-refractivity contribution >= 4 is 34.5 Å². The molecule has 0 aliphatic carbocycles. The highest BCUT2D eigenvalue weighted by atomic mass is 35.5. The minimum Gasteiger partial charge on any atom is -0.507 e. The van der Waals surface area contributed by atoms with E-state index in [-0.39, 0.29) is 23.2 Å². The van der Waals surface area contributed by atoms with Crippen LogP contribution in [0.4, 0.5) is 0 Å². The Hall–Kier alpha value is -3.83. The molecule has 0 saturated carbocycles. The molecule has 2 N–H and O–H groups in total. The number of ether oxygens (including phenoxy) is 1. The van der Waals surface area contributed by atoms with Gasteiger partial charge in [0.1, 0.15) is 18.1 Å². The average Bonchev–Trinajstić information content (AvgIpc) is 2.91. The van der Waals surface area contributed by atoms with Gasteiger partial charge in [-0.1, -0.05) is 114 Å². The van der Waals surface area contributed by atoms with Gasteiger partial charge in [0, 0.05) is 22.6 Å². The third-order valence-electron chi connectivity index (χ3n) is 7.08. The monoisotopic (exact) mass is 570 g/mol. The molecule has 4 aromatic carbocycles. The molecule has 6 heteroatoms. The molecule has 4 aromatic rings. The molecule has 0 radical (unpaired) electrons. The molecule has 41 heavy (non-hydrogen) atoms. The number of nitrogens with zero attached hydrogens (tertiary/aromatic N) is 1. The highest BCUT2D eigenvalue weighted by Gasteiger charge is 2.26. The van der Waals surface area contributed by atoms with Crippen LogP contribution >= 0.6 is 11.6 Å². The first kappa shape index (κ1) is 30.1. The van der Waals surface area contributed by atoms with E-state index < -0.39 is 0 Å². The number of hydrogen-bond acceptors (Lipinski definition) is 4. The molecule has 0 fully saturated rings. The van der Waals surface area contributed by atoms with Crippen LogP contribution in [0, 0.1) is 0 Å². The molecule has 0 unspecified atom stereocenters. The Morgan fingerprint density at radius 2 is 1.56 bits per heavy atom. The lowest BCUT2D eigenvalue weighted by Crippen LogP contribution is -2.20. The lowest BCUT2D eigenvalue weighted by Gasteiger charge is -2.28. The fourth-order valence-corrected chi connectivity index (χ4v) is 4.96. The van der Waals surface area contributed by atoms with Gasteiger partial charge >= 0.3 is 0 Å². The van der Waals surface area contributed by atoms with E-state index in [1.165, 1.54) is 0 Å². The Morgan fingerprint density at radius 1 is 0.927 bits per heavy atom. The Kier molecular flexibility index (Phi) is 9.08. The summed E-state index contributed by atoms with van der Waals surface area (Å²) in [5.74, 6) is 0.795. The summed E-state index contributed by atoms with van der Waals surface area (Å²) in [6.45, 7) is 12.8. The Labute approximate surface area is 248 Å². The smallest absolute Gasteiger partial charge is 0.240 e. The summed E-state index contributed by atoms with van der Waals surface area (Å²) in [5, 5.41) is 17.9. The van der Waals surface area contributed by atoms with Crippen LogP contribution in [0.25, 0.3) is 10.8 Å². The maximum absolute atomic E-state index is 12.8. The molecule has 0 aliphatic heterocycles. The lowest BCUT2D eigenvalue weighted by atomic mass is 9.78. The number of carbonyl (C=O) groups is 1. The van der Waals surface area contributed by atoms with Crippen LogP contribution in [0.15, 0.2) is 77.9 Å². The molecule has 0 spiro atoms. The van der Waals surface area contributed by atoms with Crippen molar-refractivity contribution in [1.29, 1.82) is 0 Å². The van der Waals surface area contributed by atoms with Crippen molar-refractivity contribution in [3.05, 3.63) is 106 Å². The number of hydrogen-bond donors (Lipinski definition) is 2. The van der Waals surface area contributed by atoms with Crippen LogP contribution in [0.2, 0.25) is 5.02 Å². The highest BCUT2D eigenvalue weighted by Crippen LogP contribution is 2.40. The third kappa shape index (κ3) is 7.47. The molecule has 0 aliphatic rings. The summed E-state index contributed by atoms with van der Waals surface area (Å²) < 4.78 is 6.15. The van der Waals surface area contributed by atoms with E-state index in [4.69, 9.17) is 16.3 Å². The number of aromatic hydroxyl groups is 1. The van der Waals surface area contributed by atoms with Crippen LogP contribution in [0.1, 0.15) is 75.8 Å². The number of nitrogens with one attached hydrogen (secondary N) is 1. The number of amides is 1. The predicted octanol–water partition coefficient (Wildman–Crippen LogP) is 8.46. The molecular formula is C35H39ClN2O3. The topological polar surface area (TPSA) is 70.9 Å². The summed E-state index contributed by atoms with van der Waals surface area (Å²) in [6.07, 6.45) is 2.44. The molecule has 0 aromatic heterocycles. The summed E-state index contributed by atoms with van der Waals surface area (Å²) in [7, 11) is 0. The molecule has 0 saturated heterocycles.